The van der Waals surface area contributed by atoms with E-state index in [9.17, 15) is 18.0 Å². The Morgan fingerprint density at radius 2 is 1.77 bits per heavy atom. The lowest BCUT2D eigenvalue weighted by Crippen LogP contribution is -2.29. The van der Waals surface area contributed by atoms with E-state index < -0.39 is 12.4 Å². The van der Waals surface area contributed by atoms with Crippen LogP contribution >= 0.6 is 11.8 Å². The minimum atomic E-state index is -4.75. The second-order valence-corrected chi connectivity index (χ2v) is 11.5. The average Bonchev–Trinajstić information content (AvgIpc) is 3.63. The number of nitrogens with zero attached hydrogens (tertiary/aromatic N) is 5. The first-order valence-corrected chi connectivity index (χ1v) is 14.7. The standard InChI is InChI=1S/C31H31F3N6O2S/c1-19(2)26-14-5-20(3)17-27(26)39-15-16-43-30(39)37-29(41)36-21(4)22-6-8-23(9-7-22)28-35-18-40(38-28)24-10-12-25(13-11-24)42-31(32,33)34/h5-14,17-19,21H,15-16H2,1-4H3,(H,36,41)/b37-30-. The number of alkyl halides is 3. The Labute approximate surface area is 252 Å². The van der Waals surface area contributed by atoms with E-state index in [1.165, 1.54) is 40.8 Å². The third-order valence-electron chi connectivity index (χ3n) is 6.91. The van der Waals surface area contributed by atoms with Crippen LogP contribution in [0.1, 0.15) is 49.4 Å². The smallest absolute Gasteiger partial charge is 0.406 e. The average molecular weight is 609 g/mol. The molecule has 2 amide bonds. The molecule has 0 spiro atoms. The first-order chi connectivity index (χ1) is 20.5. The van der Waals surface area contributed by atoms with Crippen molar-refractivity contribution in [2.24, 2.45) is 4.99 Å². The maximum atomic E-state index is 12.9. The third-order valence-corrected chi connectivity index (χ3v) is 7.87. The molecule has 1 fully saturated rings. The van der Waals surface area contributed by atoms with Gasteiger partial charge in [-0.25, -0.2) is 14.5 Å². The summed E-state index contributed by atoms with van der Waals surface area (Å²) in [7, 11) is 0. The number of amidine groups is 1. The second kappa shape index (κ2) is 12.5. The van der Waals surface area contributed by atoms with Crippen LogP contribution in [0.25, 0.3) is 17.1 Å². The molecule has 4 aromatic rings. The van der Waals surface area contributed by atoms with Gasteiger partial charge in [0.25, 0.3) is 0 Å². The minimum absolute atomic E-state index is 0.293. The zero-order valence-corrected chi connectivity index (χ0v) is 24.9. The summed E-state index contributed by atoms with van der Waals surface area (Å²) >= 11 is 1.57. The Balaban J connectivity index is 1.23. The van der Waals surface area contributed by atoms with Gasteiger partial charge in [0, 0.05) is 23.5 Å². The van der Waals surface area contributed by atoms with Crippen LogP contribution in [0.15, 0.2) is 78.0 Å². The molecule has 0 radical (unpaired) electrons. The van der Waals surface area contributed by atoms with E-state index in [0.717, 1.165) is 34.7 Å². The normalized spacial score (nSPS) is 15.3. The zero-order chi connectivity index (χ0) is 30.7. The van der Waals surface area contributed by atoms with Gasteiger partial charge >= 0.3 is 12.4 Å². The van der Waals surface area contributed by atoms with Gasteiger partial charge in [0.05, 0.1) is 11.7 Å². The molecule has 1 saturated heterocycles. The van der Waals surface area contributed by atoms with E-state index in [-0.39, 0.29) is 11.8 Å². The van der Waals surface area contributed by atoms with E-state index in [0.29, 0.717) is 22.6 Å². The summed E-state index contributed by atoms with van der Waals surface area (Å²) in [6, 6.07) is 18.5. The zero-order valence-electron chi connectivity index (χ0n) is 24.1. The highest BCUT2D eigenvalue weighted by molar-refractivity contribution is 8.14. The molecule has 0 aliphatic carbocycles. The molecule has 5 rings (SSSR count). The molecule has 43 heavy (non-hydrogen) atoms. The summed E-state index contributed by atoms with van der Waals surface area (Å²) in [5.41, 5.74) is 5.64. The van der Waals surface area contributed by atoms with E-state index in [1.807, 2.05) is 31.2 Å². The van der Waals surface area contributed by atoms with Crippen LogP contribution in [0.4, 0.5) is 23.7 Å². The predicted octanol–water partition coefficient (Wildman–Crippen LogP) is 7.64. The van der Waals surface area contributed by atoms with Gasteiger partial charge in [-0.2, -0.15) is 4.99 Å². The molecular weight excluding hydrogens is 577 g/mol. The SMILES string of the molecule is Cc1ccc(C(C)C)c(N2CCS/C2=N\C(=O)NC(C)c2ccc(-c3ncn(-c4ccc(OC(F)(F)F)cc4)n3)cc2)c1. The molecular formula is C31H31F3N6O2S. The summed E-state index contributed by atoms with van der Waals surface area (Å²) in [5.74, 6) is 1.33. The van der Waals surface area contributed by atoms with Crippen LogP contribution in [-0.2, 0) is 0 Å². The maximum Gasteiger partial charge on any atom is 0.573 e. The Hall–Kier alpha value is -4.32. The maximum absolute atomic E-state index is 12.9. The van der Waals surface area contributed by atoms with Gasteiger partial charge in [0.15, 0.2) is 11.0 Å². The van der Waals surface area contributed by atoms with Gasteiger partial charge in [0.2, 0.25) is 0 Å². The number of rotatable bonds is 7. The third kappa shape index (κ3) is 7.37. The molecule has 1 aromatic heterocycles. The topological polar surface area (TPSA) is 84.6 Å². The lowest BCUT2D eigenvalue weighted by molar-refractivity contribution is -0.274. The van der Waals surface area contributed by atoms with Crippen LogP contribution < -0.4 is 15.0 Å². The number of urea groups is 1. The van der Waals surface area contributed by atoms with Crippen molar-refractivity contribution in [3.63, 3.8) is 0 Å². The van der Waals surface area contributed by atoms with Crippen molar-refractivity contribution < 1.29 is 22.7 Å². The highest BCUT2D eigenvalue weighted by Crippen LogP contribution is 2.33. The summed E-state index contributed by atoms with van der Waals surface area (Å²) in [6.45, 7) is 9.07. The Bertz CT molecular complexity index is 1620. The van der Waals surface area contributed by atoms with Crippen LogP contribution in [0.2, 0.25) is 0 Å². The number of hydrogen-bond donors (Lipinski definition) is 1. The number of benzene rings is 3. The molecule has 1 aliphatic rings. The fraction of sp³-hybridized carbons (Fsp3) is 0.290. The molecule has 1 N–H and O–H groups in total. The highest BCUT2D eigenvalue weighted by atomic mass is 32.2. The van der Waals surface area contributed by atoms with Crippen molar-refractivity contribution >= 4 is 28.6 Å². The number of aromatic nitrogens is 3. The number of carbonyl (C=O) groups excluding carboxylic acids is 1. The predicted molar refractivity (Wildman–Crippen MR) is 163 cm³/mol. The van der Waals surface area contributed by atoms with Gasteiger partial charge in [-0.05, 0) is 66.8 Å². The van der Waals surface area contributed by atoms with E-state index >= 15 is 0 Å². The molecule has 2 heterocycles. The number of aryl methyl sites for hydroxylation is 1. The Kier molecular flexibility index (Phi) is 8.77. The van der Waals surface area contributed by atoms with Crippen molar-refractivity contribution in [3.8, 4) is 22.8 Å². The van der Waals surface area contributed by atoms with Gasteiger partial charge in [-0.1, -0.05) is 62.0 Å². The highest BCUT2D eigenvalue weighted by Gasteiger charge is 2.31. The molecule has 1 unspecified atom stereocenters. The number of carbonyl (C=O) groups is 1. The number of amides is 2. The van der Waals surface area contributed by atoms with Gasteiger partial charge in [-0.3, -0.25) is 0 Å². The molecule has 8 nitrogen and oxygen atoms in total. The largest absolute Gasteiger partial charge is 0.573 e. The molecule has 1 atom stereocenters. The summed E-state index contributed by atoms with van der Waals surface area (Å²) < 4.78 is 42.6. The van der Waals surface area contributed by atoms with Crippen molar-refractivity contribution in [3.05, 3.63) is 89.7 Å². The van der Waals surface area contributed by atoms with Crippen molar-refractivity contribution in [1.29, 1.82) is 0 Å². The summed E-state index contributed by atoms with van der Waals surface area (Å²) in [6.07, 6.45) is -3.27. The lowest BCUT2D eigenvalue weighted by atomic mass is 9.99. The van der Waals surface area contributed by atoms with Gasteiger partial charge in [0.1, 0.15) is 12.1 Å². The molecule has 12 heteroatoms. The van der Waals surface area contributed by atoms with Crippen LogP contribution in [0.5, 0.6) is 5.75 Å². The quantitative estimate of drug-likeness (QED) is 0.232. The Morgan fingerprint density at radius 1 is 1.05 bits per heavy atom. The number of aliphatic imine (C=N–C) groups is 1. The van der Waals surface area contributed by atoms with E-state index in [2.05, 4.69) is 69.0 Å². The number of ether oxygens (including phenoxy) is 1. The number of anilines is 1. The van der Waals surface area contributed by atoms with Crippen LogP contribution in [-0.4, -0.2) is 44.6 Å². The van der Waals surface area contributed by atoms with Gasteiger partial charge < -0.3 is 15.0 Å². The van der Waals surface area contributed by atoms with Crippen LogP contribution in [0.3, 0.4) is 0 Å². The Morgan fingerprint density at radius 3 is 2.44 bits per heavy atom. The number of thioether (sulfide) groups is 1. The fourth-order valence-corrected chi connectivity index (χ4v) is 5.67. The van der Waals surface area contributed by atoms with E-state index in [1.54, 1.807) is 11.8 Å². The van der Waals surface area contributed by atoms with Crippen molar-refractivity contribution in [1.82, 2.24) is 20.1 Å². The van der Waals surface area contributed by atoms with Crippen molar-refractivity contribution in [2.75, 3.05) is 17.2 Å². The molecule has 224 valence electrons. The van der Waals surface area contributed by atoms with E-state index in [4.69, 9.17) is 0 Å². The first-order valence-electron chi connectivity index (χ1n) is 13.7. The molecule has 3 aromatic carbocycles. The minimum Gasteiger partial charge on any atom is -0.406 e. The van der Waals surface area contributed by atoms with Crippen LogP contribution in [0, 0.1) is 6.92 Å². The molecule has 0 saturated carbocycles. The summed E-state index contributed by atoms with van der Waals surface area (Å²) in [4.78, 5) is 23.8. The summed E-state index contributed by atoms with van der Waals surface area (Å²) in [5, 5.41) is 8.09. The number of hydrogen-bond acceptors (Lipinski definition) is 5. The molecule has 0 bridgehead atoms. The van der Waals surface area contributed by atoms with Crippen molar-refractivity contribution in [2.45, 2.75) is 46.0 Å². The first kappa shape index (κ1) is 30.1. The second-order valence-electron chi connectivity index (χ2n) is 10.5. The monoisotopic (exact) mass is 608 g/mol. The van der Waals surface area contributed by atoms with Gasteiger partial charge in [-0.15, -0.1) is 18.3 Å². The number of halogens is 3. The fourth-order valence-electron chi connectivity index (χ4n) is 4.72. The lowest BCUT2D eigenvalue weighted by Gasteiger charge is -2.24. The molecule has 1 aliphatic heterocycles. The number of nitrogens with one attached hydrogen (secondary N) is 1.